The molecule has 2 N–H and O–H groups in total. The molecular formula is C26H32ClN7O. The van der Waals surface area contributed by atoms with Crippen molar-refractivity contribution in [2.24, 2.45) is 5.92 Å². The molecule has 35 heavy (non-hydrogen) atoms. The van der Waals surface area contributed by atoms with E-state index in [9.17, 15) is 4.79 Å². The predicted molar refractivity (Wildman–Crippen MR) is 138 cm³/mol. The van der Waals surface area contributed by atoms with Gasteiger partial charge in [-0.05, 0) is 69.2 Å². The molecule has 2 fully saturated rings. The Morgan fingerprint density at radius 3 is 2.83 bits per heavy atom. The number of likely N-dealkylation sites (tertiary alicyclic amines) is 1. The van der Waals surface area contributed by atoms with Crippen LogP contribution in [0.4, 0.5) is 5.95 Å². The Hall–Kier alpha value is -2.97. The van der Waals surface area contributed by atoms with Gasteiger partial charge in [0.25, 0.3) is 0 Å². The van der Waals surface area contributed by atoms with Crippen LogP contribution in [-0.2, 0) is 4.79 Å². The number of rotatable bonds is 7. The van der Waals surface area contributed by atoms with E-state index in [1.54, 1.807) is 12.4 Å². The second kappa shape index (κ2) is 10.7. The highest BCUT2D eigenvalue weighted by Gasteiger charge is 2.26. The Labute approximate surface area is 210 Å². The van der Waals surface area contributed by atoms with E-state index in [0.29, 0.717) is 34.7 Å². The summed E-state index contributed by atoms with van der Waals surface area (Å²) in [5.41, 5.74) is 2.54. The van der Waals surface area contributed by atoms with E-state index in [-0.39, 0.29) is 5.91 Å². The molecule has 1 aliphatic carbocycles. The number of carbonyl (C=O) groups excluding carboxylic acids is 1. The maximum Gasteiger partial charge on any atom is 0.245 e. The first-order valence-electron chi connectivity index (χ1n) is 12.5. The van der Waals surface area contributed by atoms with Gasteiger partial charge in [-0.15, -0.1) is 0 Å². The van der Waals surface area contributed by atoms with Crippen LogP contribution in [0, 0.1) is 5.92 Å². The lowest BCUT2D eigenvalue weighted by Gasteiger charge is -2.34. The predicted octanol–water partition coefficient (Wildman–Crippen LogP) is 4.18. The van der Waals surface area contributed by atoms with Gasteiger partial charge in [-0.3, -0.25) is 4.79 Å². The van der Waals surface area contributed by atoms with Gasteiger partial charge in [-0.25, -0.2) is 14.5 Å². The van der Waals surface area contributed by atoms with E-state index in [4.69, 9.17) is 16.6 Å². The monoisotopic (exact) mass is 493 g/mol. The first-order valence-corrected chi connectivity index (χ1v) is 12.8. The van der Waals surface area contributed by atoms with Gasteiger partial charge < -0.3 is 15.5 Å². The lowest BCUT2D eigenvalue weighted by atomic mass is 9.90. The lowest BCUT2D eigenvalue weighted by Crippen LogP contribution is -2.44. The van der Waals surface area contributed by atoms with Gasteiger partial charge in [0, 0.05) is 36.9 Å². The largest absolute Gasteiger partial charge is 0.351 e. The Morgan fingerprint density at radius 2 is 2.00 bits per heavy atom. The van der Waals surface area contributed by atoms with Gasteiger partial charge in [0.2, 0.25) is 11.9 Å². The van der Waals surface area contributed by atoms with Crippen LogP contribution in [0.2, 0.25) is 5.02 Å². The van der Waals surface area contributed by atoms with Crippen molar-refractivity contribution in [1.29, 1.82) is 0 Å². The Kier molecular flexibility index (Phi) is 7.29. The average molecular weight is 494 g/mol. The number of nitrogens with zero attached hydrogens (tertiary/aromatic N) is 5. The second-order valence-corrected chi connectivity index (χ2v) is 9.97. The molecule has 1 amide bonds. The Bertz CT molecular complexity index is 1190. The molecule has 8 nitrogen and oxygen atoms in total. The number of carbonyl (C=O) groups is 1. The van der Waals surface area contributed by atoms with Crippen molar-refractivity contribution in [2.45, 2.75) is 50.6 Å². The van der Waals surface area contributed by atoms with Crippen molar-refractivity contribution in [3.8, 4) is 11.3 Å². The van der Waals surface area contributed by atoms with E-state index >= 15 is 0 Å². The van der Waals surface area contributed by atoms with Crippen molar-refractivity contribution in [3.63, 3.8) is 0 Å². The molecule has 3 aromatic rings. The highest BCUT2D eigenvalue weighted by molar-refractivity contribution is 6.33. The summed E-state index contributed by atoms with van der Waals surface area (Å²) in [7, 11) is 0. The van der Waals surface area contributed by atoms with E-state index in [0.717, 1.165) is 62.8 Å². The van der Waals surface area contributed by atoms with Crippen molar-refractivity contribution >= 4 is 29.0 Å². The summed E-state index contributed by atoms with van der Waals surface area (Å²) < 4.78 is 1.82. The normalized spacial score (nSPS) is 21.2. The number of halogens is 1. The van der Waals surface area contributed by atoms with Gasteiger partial charge in [0.1, 0.15) is 0 Å². The molecule has 4 heterocycles. The summed E-state index contributed by atoms with van der Waals surface area (Å²) in [5, 5.41) is 12.3. The van der Waals surface area contributed by atoms with Crippen molar-refractivity contribution in [1.82, 2.24) is 29.8 Å². The third kappa shape index (κ3) is 5.49. The van der Waals surface area contributed by atoms with Crippen LogP contribution in [-0.4, -0.2) is 62.1 Å². The average Bonchev–Trinajstić information content (AvgIpc) is 3.33. The van der Waals surface area contributed by atoms with Crippen LogP contribution in [0.25, 0.3) is 16.8 Å². The Morgan fingerprint density at radius 1 is 1.17 bits per heavy atom. The van der Waals surface area contributed by atoms with Gasteiger partial charge >= 0.3 is 0 Å². The fourth-order valence-corrected chi connectivity index (χ4v) is 5.44. The summed E-state index contributed by atoms with van der Waals surface area (Å²) in [4.78, 5) is 22.9. The topological polar surface area (TPSA) is 87.5 Å². The molecule has 0 spiro atoms. The van der Waals surface area contributed by atoms with Gasteiger partial charge in [0.05, 0.1) is 28.6 Å². The van der Waals surface area contributed by atoms with Crippen molar-refractivity contribution in [2.75, 3.05) is 25.0 Å². The van der Waals surface area contributed by atoms with Crippen LogP contribution >= 0.6 is 11.6 Å². The molecule has 2 aliphatic rings. The fraction of sp³-hybridized carbons (Fsp3) is 0.462. The zero-order chi connectivity index (χ0) is 24.2. The number of hydrogen-bond donors (Lipinski definition) is 2. The first-order chi connectivity index (χ1) is 17.1. The van der Waals surface area contributed by atoms with E-state index in [1.165, 1.54) is 12.5 Å². The molecule has 9 heteroatoms. The number of nitrogens with one attached hydrogen (secondary N) is 2. The zero-order valence-corrected chi connectivity index (χ0v) is 20.6. The molecule has 1 saturated heterocycles. The SMILES string of the molecule is C=CC(=O)N1CCC(CN[C@H]2CCC[C@@H](Nc3ncc(Cl)c(-c4cnn5ccccc45)n3)C2)CC1. The molecule has 1 aliphatic heterocycles. The quantitative estimate of drug-likeness (QED) is 0.480. The lowest BCUT2D eigenvalue weighted by molar-refractivity contribution is -0.127. The highest BCUT2D eigenvalue weighted by atomic mass is 35.5. The van der Waals surface area contributed by atoms with Gasteiger partial charge in [-0.2, -0.15) is 5.10 Å². The summed E-state index contributed by atoms with van der Waals surface area (Å²) >= 11 is 6.48. The molecular weight excluding hydrogens is 462 g/mol. The van der Waals surface area contributed by atoms with Crippen LogP contribution in [0.5, 0.6) is 0 Å². The minimum atomic E-state index is 0.0479. The second-order valence-electron chi connectivity index (χ2n) is 9.56. The maximum absolute atomic E-state index is 11.8. The number of amides is 1. The number of aromatic nitrogens is 4. The Balaban J connectivity index is 1.17. The van der Waals surface area contributed by atoms with Crippen molar-refractivity contribution < 1.29 is 4.79 Å². The standard InChI is InChI=1S/C26H32ClN7O/c1-2-24(35)33-12-9-18(10-13-33)15-28-19-6-5-7-20(14-19)31-26-29-17-22(27)25(32-26)21-16-30-34-11-4-3-8-23(21)34/h2-4,8,11,16-20,28H,1,5-7,9-10,12-15H2,(H,29,31,32)/t19-,20+/m0/s1. The summed E-state index contributed by atoms with van der Waals surface area (Å²) in [6, 6.07) is 6.71. The maximum atomic E-state index is 11.8. The number of piperidine rings is 1. The molecule has 0 bridgehead atoms. The minimum Gasteiger partial charge on any atom is -0.351 e. The number of hydrogen-bond acceptors (Lipinski definition) is 6. The van der Waals surface area contributed by atoms with Crippen LogP contribution in [0.3, 0.4) is 0 Å². The number of pyridine rings is 1. The van der Waals surface area contributed by atoms with Gasteiger partial charge in [-0.1, -0.05) is 24.2 Å². The molecule has 1 saturated carbocycles. The summed E-state index contributed by atoms with van der Waals surface area (Å²) in [6.45, 7) is 6.26. The molecule has 3 aromatic heterocycles. The molecule has 0 aromatic carbocycles. The van der Waals surface area contributed by atoms with E-state index in [1.807, 2.05) is 33.8 Å². The molecule has 0 unspecified atom stereocenters. The van der Waals surface area contributed by atoms with Crippen molar-refractivity contribution in [3.05, 3.63) is 54.5 Å². The van der Waals surface area contributed by atoms with Crippen LogP contribution < -0.4 is 10.6 Å². The van der Waals surface area contributed by atoms with Crippen LogP contribution in [0.1, 0.15) is 38.5 Å². The molecule has 0 radical (unpaired) electrons. The van der Waals surface area contributed by atoms with E-state index < -0.39 is 0 Å². The number of fused-ring (bicyclic) bond motifs is 1. The molecule has 5 rings (SSSR count). The smallest absolute Gasteiger partial charge is 0.245 e. The number of anilines is 1. The van der Waals surface area contributed by atoms with Gasteiger partial charge in [0.15, 0.2) is 0 Å². The highest BCUT2D eigenvalue weighted by Crippen LogP contribution is 2.30. The minimum absolute atomic E-state index is 0.0479. The van der Waals surface area contributed by atoms with E-state index in [2.05, 4.69) is 27.3 Å². The van der Waals surface area contributed by atoms with Crippen LogP contribution in [0.15, 0.2) is 49.4 Å². The fourth-order valence-electron chi connectivity index (χ4n) is 5.25. The summed E-state index contributed by atoms with van der Waals surface area (Å²) in [5.74, 6) is 1.27. The third-order valence-electron chi connectivity index (χ3n) is 7.23. The third-order valence-corrected chi connectivity index (χ3v) is 7.51. The molecule has 2 atom stereocenters. The first kappa shape index (κ1) is 23.8. The molecule has 184 valence electrons. The zero-order valence-electron chi connectivity index (χ0n) is 19.9. The summed E-state index contributed by atoms with van der Waals surface area (Å²) in [6.07, 6.45) is 13.4.